The quantitative estimate of drug-likeness (QED) is 0.485. The highest BCUT2D eigenvalue weighted by Crippen LogP contribution is 2.62. The van der Waals surface area contributed by atoms with Crippen LogP contribution in [0.2, 0.25) is 0 Å². The largest absolute Gasteiger partial charge is 0.378 e. The molecule has 4 heteroatoms. The Kier molecular flexibility index (Phi) is 6.06. The second-order valence-electron chi connectivity index (χ2n) is 6.95. The van der Waals surface area contributed by atoms with Crippen LogP contribution in [0.5, 0.6) is 0 Å². The van der Waals surface area contributed by atoms with Gasteiger partial charge in [0.2, 0.25) is 5.31 Å². The molecule has 0 unspecified atom stereocenters. The van der Waals surface area contributed by atoms with Gasteiger partial charge in [0.05, 0.1) is 19.4 Å². The van der Waals surface area contributed by atoms with E-state index in [-0.39, 0.29) is 0 Å². The number of morpholine rings is 1. The first-order valence-electron chi connectivity index (χ1n) is 9.86. The highest BCUT2D eigenvalue weighted by Gasteiger charge is 2.50. The average Bonchev–Trinajstić information content (AvgIpc) is 2.82. The first-order valence-corrected chi connectivity index (χ1v) is 11.6. The molecule has 1 aliphatic heterocycles. The van der Waals surface area contributed by atoms with Crippen LogP contribution < -0.4 is 15.9 Å². The van der Waals surface area contributed by atoms with Gasteiger partial charge in [0, 0.05) is 13.1 Å². The topological polar surface area (TPSA) is 36.3 Å². The zero-order chi connectivity index (χ0) is 19.9. The molecule has 0 aliphatic carbocycles. The second-order valence-corrected chi connectivity index (χ2v) is 10.3. The van der Waals surface area contributed by atoms with Crippen LogP contribution in [-0.2, 0) is 4.74 Å². The summed E-state index contributed by atoms with van der Waals surface area (Å²) in [6, 6.07) is 34.1. The Labute approximate surface area is 173 Å². The van der Waals surface area contributed by atoms with E-state index in [0.717, 1.165) is 18.4 Å². The summed E-state index contributed by atoms with van der Waals surface area (Å²) in [5.41, 5.74) is 0. The summed E-state index contributed by atoms with van der Waals surface area (Å²) in [7, 11) is -2.31. The molecule has 0 radical (unpaired) electrons. The Morgan fingerprint density at radius 1 is 0.759 bits per heavy atom. The van der Waals surface area contributed by atoms with Crippen molar-refractivity contribution in [2.24, 2.45) is 0 Å². The van der Waals surface area contributed by atoms with Crippen LogP contribution >= 0.6 is 7.26 Å². The molecule has 0 amide bonds. The fourth-order valence-electron chi connectivity index (χ4n) is 3.89. The zero-order valence-corrected chi connectivity index (χ0v) is 17.2. The molecule has 0 bridgehead atoms. The Hall–Kier alpha value is -2.92. The van der Waals surface area contributed by atoms with E-state index in [9.17, 15) is 5.26 Å². The van der Waals surface area contributed by atoms with E-state index < -0.39 is 7.26 Å². The van der Waals surface area contributed by atoms with E-state index in [0.29, 0.717) is 13.2 Å². The predicted molar refractivity (Wildman–Crippen MR) is 121 cm³/mol. The summed E-state index contributed by atoms with van der Waals surface area (Å²) in [5, 5.41) is 14.8. The second kappa shape index (κ2) is 9.05. The molecule has 3 aromatic carbocycles. The maximum absolute atomic E-state index is 10.4. The van der Waals surface area contributed by atoms with Gasteiger partial charge in [-0.3, -0.25) is 0 Å². The van der Waals surface area contributed by atoms with Crippen molar-refractivity contribution in [3.8, 4) is 6.07 Å². The lowest BCUT2D eigenvalue weighted by Gasteiger charge is -2.30. The number of hydrogen-bond donors (Lipinski definition) is 0. The normalized spacial score (nSPS) is 15.0. The van der Waals surface area contributed by atoms with E-state index in [1.165, 1.54) is 15.9 Å². The van der Waals surface area contributed by atoms with Gasteiger partial charge in [0.15, 0.2) is 7.26 Å². The third kappa shape index (κ3) is 3.83. The van der Waals surface area contributed by atoms with Gasteiger partial charge in [-0.2, -0.15) is 5.26 Å². The highest BCUT2D eigenvalue weighted by atomic mass is 31.2. The van der Waals surface area contributed by atoms with Gasteiger partial charge in [0.25, 0.3) is 0 Å². The van der Waals surface area contributed by atoms with Gasteiger partial charge in [-0.25, -0.2) is 0 Å². The lowest BCUT2D eigenvalue weighted by molar-refractivity contribution is 0.0593. The molecule has 0 saturated carbocycles. The van der Waals surface area contributed by atoms with Crippen molar-refractivity contribution in [2.45, 2.75) is 0 Å². The molecule has 1 heterocycles. The standard InChI is InChI=1S/C25H24N2OP/c26-20-25(21-27-16-18-28-19-17-27)29(22-10-4-1-5-11-22,23-12-6-2-7-13-23)24-14-8-3-9-15-24/h1-15,21H,16-19H2/q+1/b25-21-. The summed E-state index contributed by atoms with van der Waals surface area (Å²) >= 11 is 0. The SMILES string of the molecule is N#C/C(=C/N1CCOCC1)[P+](c1ccccc1)(c1ccccc1)c1ccccc1. The molecule has 0 atom stereocenters. The summed E-state index contributed by atoms with van der Waals surface area (Å²) in [5.74, 6) is 0. The van der Waals surface area contributed by atoms with Crippen molar-refractivity contribution >= 4 is 23.2 Å². The fourth-order valence-corrected chi connectivity index (χ4v) is 7.96. The number of nitriles is 1. The first-order chi connectivity index (χ1) is 14.4. The van der Waals surface area contributed by atoms with Crippen LogP contribution in [-0.4, -0.2) is 31.2 Å². The number of ether oxygens (including phenoxy) is 1. The van der Waals surface area contributed by atoms with Crippen molar-refractivity contribution in [3.05, 3.63) is 103 Å². The van der Waals surface area contributed by atoms with Gasteiger partial charge < -0.3 is 9.64 Å². The molecule has 1 fully saturated rings. The fraction of sp³-hybridized carbons (Fsp3) is 0.160. The third-order valence-electron chi connectivity index (χ3n) is 5.26. The minimum absolute atomic E-state index is 0.697. The van der Waals surface area contributed by atoms with Crippen LogP contribution in [0, 0.1) is 11.3 Å². The summed E-state index contributed by atoms with van der Waals surface area (Å²) in [6.07, 6.45) is 2.09. The number of rotatable bonds is 5. The van der Waals surface area contributed by atoms with Crippen molar-refractivity contribution in [2.75, 3.05) is 26.3 Å². The summed E-state index contributed by atoms with van der Waals surface area (Å²) < 4.78 is 5.51. The minimum atomic E-state index is -2.31. The summed E-state index contributed by atoms with van der Waals surface area (Å²) in [4.78, 5) is 2.23. The molecular weight excluding hydrogens is 375 g/mol. The lowest BCUT2D eigenvalue weighted by Crippen LogP contribution is -2.35. The lowest BCUT2D eigenvalue weighted by atomic mass is 10.3. The molecule has 29 heavy (non-hydrogen) atoms. The predicted octanol–water partition coefficient (Wildman–Crippen LogP) is 3.68. The maximum Gasteiger partial charge on any atom is 0.201 e. The average molecular weight is 399 g/mol. The molecule has 3 nitrogen and oxygen atoms in total. The van der Waals surface area contributed by atoms with E-state index in [2.05, 4.69) is 90.0 Å². The Morgan fingerprint density at radius 3 is 1.55 bits per heavy atom. The number of allylic oxidation sites excluding steroid dienone is 1. The number of benzene rings is 3. The Bertz CT molecular complexity index is 895. The molecule has 0 aromatic heterocycles. The molecular formula is C25H24N2OP+. The van der Waals surface area contributed by atoms with E-state index in [1.54, 1.807) is 0 Å². The monoisotopic (exact) mass is 399 g/mol. The smallest absolute Gasteiger partial charge is 0.201 e. The van der Waals surface area contributed by atoms with Gasteiger partial charge in [-0.15, -0.1) is 0 Å². The molecule has 144 valence electrons. The number of hydrogen-bond acceptors (Lipinski definition) is 3. The molecule has 1 aliphatic rings. The first kappa shape index (κ1) is 19.4. The molecule has 0 spiro atoms. The molecule has 0 N–H and O–H groups in total. The van der Waals surface area contributed by atoms with Crippen LogP contribution in [0.25, 0.3) is 0 Å². The van der Waals surface area contributed by atoms with E-state index >= 15 is 0 Å². The van der Waals surface area contributed by atoms with E-state index in [1.807, 2.05) is 18.2 Å². The number of nitrogens with zero attached hydrogens (tertiary/aromatic N) is 2. The third-order valence-corrected chi connectivity index (χ3v) is 9.41. The van der Waals surface area contributed by atoms with Crippen LogP contribution in [0.1, 0.15) is 0 Å². The Morgan fingerprint density at radius 2 is 1.17 bits per heavy atom. The highest BCUT2D eigenvalue weighted by molar-refractivity contribution is 7.99. The molecule has 3 aromatic rings. The molecule has 1 saturated heterocycles. The van der Waals surface area contributed by atoms with Crippen LogP contribution in [0.3, 0.4) is 0 Å². The van der Waals surface area contributed by atoms with Crippen molar-refractivity contribution in [1.29, 1.82) is 5.26 Å². The van der Waals surface area contributed by atoms with Gasteiger partial charge in [-0.1, -0.05) is 54.6 Å². The van der Waals surface area contributed by atoms with Crippen molar-refractivity contribution in [1.82, 2.24) is 4.90 Å². The summed E-state index contributed by atoms with van der Waals surface area (Å²) in [6.45, 7) is 3.01. The zero-order valence-electron chi connectivity index (χ0n) is 16.3. The van der Waals surface area contributed by atoms with E-state index in [4.69, 9.17) is 4.74 Å². The minimum Gasteiger partial charge on any atom is -0.378 e. The van der Waals surface area contributed by atoms with Gasteiger partial charge in [-0.05, 0) is 36.4 Å². The van der Waals surface area contributed by atoms with Crippen molar-refractivity contribution < 1.29 is 4.74 Å². The Balaban J connectivity index is 2.02. The maximum atomic E-state index is 10.4. The van der Waals surface area contributed by atoms with Crippen LogP contribution in [0.4, 0.5) is 0 Å². The van der Waals surface area contributed by atoms with Crippen LogP contribution in [0.15, 0.2) is 103 Å². The van der Waals surface area contributed by atoms with Gasteiger partial charge in [0.1, 0.15) is 22.0 Å². The molecule has 4 rings (SSSR count). The van der Waals surface area contributed by atoms with Gasteiger partial charge >= 0.3 is 0 Å². The van der Waals surface area contributed by atoms with Crippen molar-refractivity contribution in [3.63, 3.8) is 0 Å².